The van der Waals surface area contributed by atoms with Crippen LogP contribution >= 0.6 is 0 Å². The first-order chi connectivity index (χ1) is 8.99. The molecule has 0 unspecified atom stereocenters. The van der Waals surface area contributed by atoms with Crippen molar-refractivity contribution in [3.63, 3.8) is 0 Å². The standard InChI is InChI=1S/C15H25NO3/c1-15(2)7-8-16(11-13(15)17)14(18)4-3-12-5-9-19-10-6-12/h12H,3-11H2,1-2H3. The van der Waals surface area contributed by atoms with Crippen molar-refractivity contribution in [3.05, 3.63) is 0 Å². The van der Waals surface area contributed by atoms with Crippen LogP contribution < -0.4 is 0 Å². The number of Topliss-reactive ketones (excluding diaryl/α,β-unsaturated/α-hetero) is 1. The van der Waals surface area contributed by atoms with E-state index in [4.69, 9.17) is 4.74 Å². The van der Waals surface area contributed by atoms with Gasteiger partial charge in [0, 0.05) is 31.6 Å². The van der Waals surface area contributed by atoms with Gasteiger partial charge in [-0.1, -0.05) is 13.8 Å². The third kappa shape index (κ3) is 3.78. The van der Waals surface area contributed by atoms with Crippen molar-refractivity contribution in [3.8, 4) is 0 Å². The van der Waals surface area contributed by atoms with Crippen LogP contribution in [0.3, 0.4) is 0 Å². The lowest BCUT2D eigenvalue weighted by Crippen LogP contribution is -2.47. The summed E-state index contributed by atoms with van der Waals surface area (Å²) in [6.07, 6.45) is 4.45. The molecule has 0 saturated carbocycles. The van der Waals surface area contributed by atoms with Crippen molar-refractivity contribution in [2.24, 2.45) is 11.3 Å². The fourth-order valence-corrected chi connectivity index (χ4v) is 2.75. The molecule has 2 rings (SSSR count). The van der Waals surface area contributed by atoms with E-state index in [0.717, 1.165) is 45.4 Å². The van der Waals surface area contributed by atoms with Crippen molar-refractivity contribution < 1.29 is 14.3 Å². The number of piperidine rings is 1. The predicted octanol–water partition coefficient (Wildman–Crippen LogP) is 2.02. The van der Waals surface area contributed by atoms with E-state index in [1.54, 1.807) is 4.90 Å². The average Bonchev–Trinajstić information content (AvgIpc) is 2.40. The van der Waals surface area contributed by atoms with Gasteiger partial charge in [-0.05, 0) is 31.6 Å². The van der Waals surface area contributed by atoms with Gasteiger partial charge in [0.2, 0.25) is 5.91 Å². The average molecular weight is 267 g/mol. The molecule has 108 valence electrons. The van der Waals surface area contributed by atoms with Crippen molar-refractivity contribution in [1.29, 1.82) is 0 Å². The van der Waals surface area contributed by atoms with Crippen molar-refractivity contribution in [1.82, 2.24) is 4.90 Å². The van der Waals surface area contributed by atoms with Crippen LogP contribution in [0.4, 0.5) is 0 Å². The first-order valence-corrected chi connectivity index (χ1v) is 7.38. The lowest BCUT2D eigenvalue weighted by Gasteiger charge is -2.35. The number of ketones is 1. The number of nitrogens with zero attached hydrogens (tertiary/aromatic N) is 1. The monoisotopic (exact) mass is 267 g/mol. The Morgan fingerprint density at radius 2 is 2.05 bits per heavy atom. The largest absolute Gasteiger partial charge is 0.381 e. The van der Waals surface area contributed by atoms with E-state index in [1.807, 2.05) is 13.8 Å². The molecular weight excluding hydrogens is 242 g/mol. The zero-order valence-corrected chi connectivity index (χ0v) is 12.1. The second-order valence-corrected chi connectivity index (χ2v) is 6.47. The molecule has 0 bridgehead atoms. The van der Waals surface area contributed by atoms with Gasteiger partial charge in [-0.2, -0.15) is 0 Å². The molecule has 2 heterocycles. The molecule has 19 heavy (non-hydrogen) atoms. The Bertz CT molecular complexity index is 345. The van der Waals surface area contributed by atoms with Gasteiger partial charge in [-0.25, -0.2) is 0 Å². The molecule has 0 aromatic carbocycles. The molecule has 0 radical (unpaired) electrons. The van der Waals surface area contributed by atoms with E-state index < -0.39 is 0 Å². The van der Waals surface area contributed by atoms with E-state index in [0.29, 0.717) is 18.9 Å². The zero-order chi connectivity index (χ0) is 13.9. The molecule has 1 amide bonds. The number of ether oxygens (including phenoxy) is 1. The van der Waals surface area contributed by atoms with Gasteiger partial charge in [0.25, 0.3) is 0 Å². The van der Waals surface area contributed by atoms with E-state index in [1.165, 1.54) is 0 Å². The zero-order valence-electron chi connectivity index (χ0n) is 12.1. The Morgan fingerprint density at radius 1 is 1.37 bits per heavy atom. The number of amides is 1. The number of likely N-dealkylation sites (tertiary alicyclic amines) is 1. The smallest absolute Gasteiger partial charge is 0.222 e. The second-order valence-electron chi connectivity index (χ2n) is 6.47. The van der Waals surface area contributed by atoms with Crippen molar-refractivity contribution in [2.75, 3.05) is 26.3 Å². The number of rotatable bonds is 3. The maximum Gasteiger partial charge on any atom is 0.222 e. The van der Waals surface area contributed by atoms with Gasteiger partial charge in [0.1, 0.15) is 0 Å². The Hall–Kier alpha value is -0.900. The minimum atomic E-state index is -0.252. The number of hydrogen-bond acceptors (Lipinski definition) is 3. The predicted molar refractivity (Wildman–Crippen MR) is 72.8 cm³/mol. The summed E-state index contributed by atoms with van der Waals surface area (Å²) in [5.74, 6) is 0.961. The lowest BCUT2D eigenvalue weighted by atomic mass is 9.81. The molecule has 0 aromatic heterocycles. The second kappa shape index (κ2) is 6.04. The topological polar surface area (TPSA) is 46.6 Å². The van der Waals surface area contributed by atoms with Crippen molar-refractivity contribution in [2.45, 2.75) is 46.0 Å². The third-order valence-corrected chi connectivity index (χ3v) is 4.56. The SMILES string of the molecule is CC1(C)CCN(C(=O)CCC2CCOCC2)CC1=O. The maximum atomic E-state index is 12.1. The third-order valence-electron chi connectivity index (χ3n) is 4.56. The summed E-state index contributed by atoms with van der Waals surface area (Å²) in [7, 11) is 0. The molecule has 0 aromatic rings. The van der Waals surface area contributed by atoms with Crippen LogP contribution in [-0.2, 0) is 14.3 Å². The van der Waals surface area contributed by atoms with Crippen LogP contribution in [0, 0.1) is 11.3 Å². The molecule has 0 N–H and O–H groups in total. The quantitative estimate of drug-likeness (QED) is 0.786. The van der Waals surface area contributed by atoms with Crippen LogP contribution in [0.25, 0.3) is 0 Å². The summed E-state index contributed by atoms with van der Waals surface area (Å²) in [5.41, 5.74) is -0.252. The molecule has 2 aliphatic rings. The fourth-order valence-electron chi connectivity index (χ4n) is 2.75. The minimum Gasteiger partial charge on any atom is -0.381 e. The van der Waals surface area contributed by atoms with Gasteiger partial charge >= 0.3 is 0 Å². The highest BCUT2D eigenvalue weighted by molar-refractivity contribution is 5.90. The number of carbonyl (C=O) groups excluding carboxylic acids is 2. The van der Waals surface area contributed by atoms with E-state index in [2.05, 4.69) is 0 Å². The normalized spacial score (nSPS) is 24.5. The Kier molecular flexibility index (Phi) is 4.61. The highest BCUT2D eigenvalue weighted by atomic mass is 16.5. The molecule has 0 atom stereocenters. The van der Waals surface area contributed by atoms with Gasteiger partial charge in [0.05, 0.1) is 6.54 Å². The summed E-state index contributed by atoms with van der Waals surface area (Å²) in [5, 5.41) is 0. The Labute approximate surface area is 115 Å². The molecule has 0 aliphatic carbocycles. The number of hydrogen-bond donors (Lipinski definition) is 0. The highest BCUT2D eigenvalue weighted by Gasteiger charge is 2.35. The summed E-state index contributed by atoms with van der Waals surface area (Å²) < 4.78 is 5.32. The first kappa shape index (κ1) is 14.5. The molecular formula is C15H25NO3. The minimum absolute atomic E-state index is 0.148. The summed E-state index contributed by atoms with van der Waals surface area (Å²) in [4.78, 5) is 25.8. The lowest BCUT2D eigenvalue weighted by molar-refractivity contribution is -0.143. The van der Waals surface area contributed by atoms with Crippen LogP contribution in [-0.4, -0.2) is 42.9 Å². The molecule has 2 fully saturated rings. The fraction of sp³-hybridized carbons (Fsp3) is 0.867. The van der Waals surface area contributed by atoms with Crippen LogP contribution in [0.1, 0.15) is 46.0 Å². The van der Waals surface area contributed by atoms with E-state index in [-0.39, 0.29) is 17.1 Å². The maximum absolute atomic E-state index is 12.1. The van der Waals surface area contributed by atoms with Crippen LogP contribution in [0.5, 0.6) is 0 Å². The van der Waals surface area contributed by atoms with Crippen molar-refractivity contribution >= 4 is 11.7 Å². The molecule has 4 nitrogen and oxygen atoms in total. The molecule has 4 heteroatoms. The van der Waals surface area contributed by atoms with Gasteiger partial charge < -0.3 is 9.64 Å². The Morgan fingerprint density at radius 3 is 2.68 bits per heavy atom. The van der Waals surface area contributed by atoms with Gasteiger partial charge in [0.15, 0.2) is 5.78 Å². The van der Waals surface area contributed by atoms with Gasteiger partial charge in [-0.15, -0.1) is 0 Å². The van der Waals surface area contributed by atoms with Crippen LogP contribution in [0.15, 0.2) is 0 Å². The Balaban J connectivity index is 1.76. The van der Waals surface area contributed by atoms with Crippen LogP contribution in [0.2, 0.25) is 0 Å². The summed E-state index contributed by atoms with van der Waals surface area (Å²) >= 11 is 0. The highest BCUT2D eigenvalue weighted by Crippen LogP contribution is 2.27. The molecule has 2 aliphatic heterocycles. The van der Waals surface area contributed by atoms with Gasteiger partial charge in [-0.3, -0.25) is 9.59 Å². The van der Waals surface area contributed by atoms with E-state index in [9.17, 15) is 9.59 Å². The molecule has 2 saturated heterocycles. The summed E-state index contributed by atoms with van der Waals surface area (Å²) in [6.45, 7) is 6.63. The first-order valence-electron chi connectivity index (χ1n) is 7.38. The summed E-state index contributed by atoms with van der Waals surface area (Å²) in [6, 6.07) is 0. The van der Waals surface area contributed by atoms with E-state index >= 15 is 0 Å². The molecule has 0 spiro atoms. The number of carbonyl (C=O) groups is 2.